The van der Waals surface area contributed by atoms with E-state index in [4.69, 9.17) is 11.6 Å². The summed E-state index contributed by atoms with van der Waals surface area (Å²) in [6.45, 7) is 0. The predicted octanol–water partition coefficient (Wildman–Crippen LogP) is -0.145. The third-order valence-electron chi connectivity index (χ3n) is 3.58. The molecule has 2 aromatic carbocycles. The maximum atomic E-state index is 12.3. The van der Waals surface area contributed by atoms with Gasteiger partial charge in [0.2, 0.25) is 0 Å². The number of carboxylic acid groups (broad SMARTS) is 1. The van der Waals surface area contributed by atoms with Crippen LogP contribution in [-0.2, 0) is 14.8 Å². The molecule has 5 nitrogen and oxygen atoms in total. The molecule has 1 fully saturated rings. The van der Waals surface area contributed by atoms with Crippen molar-refractivity contribution < 1.29 is 39.5 Å². The van der Waals surface area contributed by atoms with Crippen LogP contribution in [0.15, 0.2) is 60.0 Å². The molecule has 2 atom stereocenters. The van der Waals surface area contributed by atoms with Gasteiger partial charge in [0.1, 0.15) is 0 Å². The second-order valence-corrected chi connectivity index (χ2v) is 11.0. The van der Waals surface area contributed by atoms with Crippen molar-refractivity contribution in [3.8, 4) is 0 Å². The van der Waals surface area contributed by atoms with Gasteiger partial charge in [-0.25, -0.2) is 0 Å². The number of aliphatic carboxylic acids is 1. The van der Waals surface area contributed by atoms with E-state index in [0.29, 0.717) is 10.6 Å². The normalized spacial score (nSPS) is 23.2. The van der Waals surface area contributed by atoms with Crippen molar-refractivity contribution in [1.29, 1.82) is 0 Å². The van der Waals surface area contributed by atoms with E-state index in [1.165, 1.54) is 6.08 Å². The van der Waals surface area contributed by atoms with E-state index in [1.54, 1.807) is 24.3 Å². The summed E-state index contributed by atoms with van der Waals surface area (Å²) in [5, 5.41) is 11.1. The number of hydrogen-bond acceptors (Lipinski definition) is 3. The van der Waals surface area contributed by atoms with Crippen LogP contribution in [0, 0.1) is 0 Å². The molecule has 3 rings (SSSR count). The molecule has 1 saturated heterocycles. The molecule has 0 aromatic heterocycles. The molecule has 2 aromatic rings. The quantitative estimate of drug-likeness (QED) is 0.335. The Morgan fingerprint density at radius 2 is 1.80 bits per heavy atom. The van der Waals surface area contributed by atoms with Gasteiger partial charge < -0.3 is 0 Å². The fraction of sp³-hybridized carbons (Fsp3) is 0.118. The van der Waals surface area contributed by atoms with Gasteiger partial charge in [0.05, 0.1) is 0 Å². The molecule has 0 unspecified atom stereocenters. The topological polar surface area (TPSA) is 83.5 Å². The summed E-state index contributed by atoms with van der Waals surface area (Å²) in [6, 6.07) is 15.8. The number of nitrogens with one attached hydrogen (secondary N) is 1. The Morgan fingerprint density at radius 1 is 1.16 bits per heavy atom. The summed E-state index contributed by atoms with van der Waals surface area (Å²) in [4.78, 5) is 11.7. The number of alkyl halides is 2. The van der Waals surface area contributed by atoms with Gasteiger partial charge in [-0.05, 0) is 0 Å². The first kappa shape index (κ1) is 18.4. The van der Waals surface area contributed by atoms with Crippen molar-refractivity contribution >= 4 is 33.7 Å². The third kappa shape index (κ3) is 4.22. The van der Waals surface area contributed by atoms with Crippen molar-refractivity contribution in [2.45, 2.75) is 7.47 Å². The molecule has 1 aliphatic rings. The second-order valence-electron chi connectivity index (χ2n) is 5.40. The minimum atomic E-state index is -3.89. The average Bonchev–Trinajstić information content (AvgIpc) is 3.30. The molecule has 0 bridgehead atoms. The van der Waals surface area contributed by atoms with E-state index in [-0.39, 0.29) is 3.92 Å². The molecule has 0 saturated carbocycles. The van der Waals surface area contributed by atoms with Crippen LogP contribution in [0.3, 0.4) is 0 Å². The van der Waals surface area contributed by atoms with Gasteiger partial charge in [-0.15, -0.1) is 0 Å². The summed E-state index contributed by atoms with van der Waals surface area (Å²) >= 11 is 4.91. The fourth-order valence-corrected chi connectivity index (χ4v) is 7.64. The van der Waals surface area contributed by atoms with Crippen LogP contribution in [-0.4, -0.2) is 23.0 Å². The first-order chi connectivity index (χ1) is 11.8. The number of carboxylic acids is 1. The monoisotopic (exact) mass is 490 g/mol. The van der Waals surface area contributed by atoms with E-state index in [0.717, 1.165) is 11.0 Å². The SMILES string of the molecule is O=C(O)[C@]1(NS(=O)(=O)/C=C/c2ccc(Cl)cc2)[I-][C@@H]1c1ccccc1. The van der Waals surface area contributed by atoms with Crippen molar-refractivity contribution in [3.05, 3.63) is 76.2 Å². The Bertz CT molecular complexity index is 915. The van der Waals surface area contributed by atoms with Crippen LogP contribution >= 0.6 is 11.6 Å². The molecule has 2 N–H and O–H groups in total. The van der Waals surface area contributed by atoms with Crippen LogP contribution in [0.4, 0.5) is 0 Å². The van der Waals surface area contributed by atoms with Gasteiger partial charge in [-0.2, -0.15) is 0 Å². The van der Waals surface area contributed by atoms with E-state index in [9.17, 15) is 18.3 Å². The molecule has 132 valence electrons. The number of sulfonamides is 1. The van der Waals surface area contributed by atoms with Crippen LogP contribution in [0.5, 0.6) is 0 Å². The van der Waals surface area contributed by atoms with Crippen LogP contribution < -0.4 is 25.9 Å². The summed E-state index contributed by atoms with van der Waals surface area (Å²) in [5.74, 6) is -1.13. The number of carbonyl (C=O) groups is 1. The Hall–Kier alpha value is -1.42. The Balaban J connectivity index is 1.79. The second kappa shape index (κ2) is 7.06. The van der Waals surface area contributed by atoms with Crippen molar-refractivity contribution in [2.24, 2.45) is 0 Å². The summed E-state index contributed by atoms with van der Waals surface area (Å²) in [5.41, 5.74) is 1.51. The minimum absolute atomic E-state index is 0.274. The molecule has 0 radical (unpaired) electrons. The zero-order chi connectivity index (χ0) is 18.1. The van der Waals surface area contributed by atoms with Crippen LogP contribution in [0.2, 0.25) is 5.02 Å². The molecule has 25 heavy (non-hydrogen) atoms. The van der Waals surface area contributed by atoms with Crippen molar-refractivity contribution in [1.82, 2.24) is 4.72 Å². The van der Waals surface area contributed by atoms with Crippen molar-refractivity contribution in [3.63, 3.8) is 0 Å². The van der Waals surface area contributed by atoms with E-state index in [1.807, 2.05) is 30.3 Å². The molecular formula is C17H14ClINO4S-. The van der Waals surface area contributed by atoms with Crippen molar-refractivity contribution in [2.75, 3.05) is 0 Å². The molecule has 0 spiro atoms. The van der Waals surface area contributed by atoms with Gasteiger partial charge in [0.25, 0.3) is 0 Å². The Labute approximate surface area is 161 Å². The first-order valence-corrected chi connectivity index (χ1v) is 11.5. The zero-order valence-corrected chi connectivity index (χ0v) is 16.5. The summed E-state index contributed by atoms with van der Waals surface area (Å²) < 4.78 is 25.4. The average molecular weight is 491 g/mol. The van der Waals surface area contributed by atoms with Crippen LogP contribution in [0.25, 0.3) is 6.08 Å². The Morgan fingerprint density at radius 3 is 2.40 bits per heavy atom. The molecular weight excluding hydrogens is 477 g/mol. The van der Waals surface area contributed by atoms with E-state index < -0.39 is 40.7 Å². The molecule has 0 amide bonds. The van der Waals surface area contributed by atoms with Gasteiger partial charge in [0, 0.05) is 0 Å². The molecule has 8 heteroatoms. The number of benzene rings is 2. The number of halogens is 2. The maximum absolute atomic E-state index is 12.3. The predicted molar refractivity (Wildman–Crippen MR) is 92.1 cm³/mol. The summed E-state index contributed by atoms with van der Waals surface area (Å²) in [6.07, 6.45) is 1.41. The number of rotatable bonds is 6. The fourth-order valence-electron chi connectivity index (χ4n) is 2.31. The standard InChI is InChI=1S/C17H14ClINO4S/c18-14-8-6-12(7-9-14)10-11-25(23,24)20-17(16(21)22)15(19-17)13-4-2-1-3-5-13/h1-11,15,20H,(H,21,22)/q-1/b11-10+/t15-,17+/m1/s1. The first-order valence-electron chi connectivity index (χ1n) is 7.23. The molecule has 0 aliphatic carbocycles. The van der Waals surface area contributed by atoms with E-state index in [2.05, 4.69) is 4.72 Å². The zero-order valence-electron chi connectivity index (χ0n) is 12.8. The molecule has 1 heterocycles. The van der Waals surface area contributed by atoms with E-state index >= 15 is 0 Å². The van der Waals surface area contributed by atoms with Gasteiger partial charge >= 0.3 is 162 Å². The molecule has 1 aliphatic heterocycles. The van der Waals surface area contributed by atoms with Crippen LogP contribution in [0.1, 0.15) is 15.1 Å². The number of hydrogen-bond donors (Lipinski definition) is 2. The Kier molecular flexibility index (Phi) is 5.19. The third-order valence-corrected chi connectivity index (χ3v) is 9.25. The van der Waals surface area contributed by atoms with Gasteiger partial charge in [0.15, 0.2) is 0 Å². The van der Waals surface area contributed by atoms with Gasteiger partial charge in [-0.3, -0.25) is 0 Å². The van der Waals surface area contributed by atoms with Gasteiger partial charge in [-0.1, -0.05) is 0 Å². The summed E-state index contributed by atoms with van der Waals surface area (Å²) in [7, 11) is -3.89.